The van der Waals surface area contributed by atoms with Crippen molar-refractivity contribution >= 4 is 0 Å². The molecule has 0 amide bonds. The fraction of sp³-hybridized carbons (Fsp3) is 1.00. The first kappa shape index (κ1) is 15.9. The maximum atomic E-state index is 3.61. The van der Waals surface area contributed by atoms with Gasteiger partial charge in [-0.25, -0.2) is 0 Å². The Balaban J connectivity index is 2.56. The minimum atomic E-state index is 0.590. The minimum absolute atomic E-state index is 0.590. The van der Waals surface area contributed by atoms with Gasteiger partial charge in [0.1, 0.15) is 0 Å². The second kappa shape index (κ2) is 7.46. The number of nitrogens with one attached hydrogen (secondary N) is 1. The molecule has 108 valence electrons. The van der Waals surface area contributed by atoms with Crippen molar-refractivity contribution in [3.05, 3.63) is 0 Å². The van der Waals surface area contributed by atoms with E-state index < -0.39 is 0 Å². The molecule has 0 bridgehead atoms. The first-order valence-corrected chi connectivity index (χ1v) is 7.65. The fourth-order valence-electron chi connectivity index (χ4n) is 2.86. The summed E-state index contributed by atoms with van der Waals surface area (Å²) >= 11 is 0. The summed E-state index contributed by atoms with van der Waals surface area (Å²) in [4.78, 5) is 5.21. The van der Waals surface area contributed by atoms with Gasteiger partial charge in [0.05, 0.1) is 0 Å². The molecule has 1 fully saturated rings. The first-order chi connectivity index (χ1) is 8.45. The van der Waals surface area contributed by atoms with Crippen LogP contribution < -0.4 is 5.32 Å². The lowest BCUT2D eigenvalue weighted by atomic mass is 10.0. The predicted molar refractivity (Wildman–Crippen MR) is 80.1 cm³/mol. The highest BCUT2D eigenvalue weighted by atomic mass is 15.3. The van der Waals surface area contributed by atoms with Crippen molar-refractivity contribution in [3.8, 4) is 0 Å². The Morgan fingerprint density at radius 3 is 2.17 bits per heavy atom. The Labute approximate surface area is 114 Å². The van der Waals surface area contributed by atoms with Crippen LogP contribution in [-0.4, -0.2) is 60.6 Å². The third-order valence-corrected chi connectivity index (χ3v) is 4.29. The van der Waals surface area contributed by atoms with Crippen molar-refractivity contribution in [2.75, 3.05) is 26.7 Å². The zero-order valence-electron chi connectivity index (χ0n) is 13.2. The molecule has 1 aliphatic rings. The third-order valence-electron chi connectivity index (χ3n) is 4.29. The van der Waals surface area contributed by atoms with Gasteiger partial charge in [-0.05, 0) is 27.3 Å². The molecular weight excluding hydrogens is 222 g/mol. The summed E-state index contributed by atoms with van der Waals surface area (Å²) in [5, 5.41) is 3.61. The first-order valence-electron chi connectivity index (χ1n) is 7.65. The number of hydrogen-bond acceptors (Lipinski definition) is 3. The van der Waals surface area contributed by atoms with Crippen LogP contribution in [0.1, 0.15) is 47.5 Å². The highest BCUT2D eigenvalue weighted by Gasteiger charge is 2.30. The molecule has 0 aliphatic carbocycles. The Hall–Kier alpha value is -0.120. The fourth-order valence-corrected chi connectivity index (χ4v) is 2.86. The lowest BCUT2D eigenvalue weighted by Gasteiger charge is -2.46. The maximum Gasteiger partial charge on any atom is 0.0221 e. The predicted octanol–water partition coefficient (Wildman–Crippen LogP) is 2.18. The van der Waals surface area contributed by atoms with E-state index in [9.17, 15) is 0 Å². The Bertz CT molecular complexity index is 218. The smallest absolute Gasteiger partial charge is 0.0221 e. The Morgan fingerprint density at radius 1 is 1.17 bits per heavy atom. The molecule has 0 radical (unpaired) electrons. The number of nitrogens with zero attached hydrogens (tertiary/aromatic N) is 2. The van der Waals surface area contributed by atoms with Gasteiger partial charge in [0, 0.05) is 43.8 Å². The van der Waals surface area contributed by atoms with E-state index >= 15 is 0 Å². The molecular formula is C15H33N3. The van der Waals surface area contributed by atoms with E-state index in [2.05, 4.69) is 56.8 Å². The molecule has 0 aromatic rings. The summed E-state index contributed by atoms with van der Waals surface area (Å²) in [5.74, 6) is 0. The average molecular weight is 255 g/mol. The van der Waals surface area contributed by atoms with Crippen molar-refractivity contribution in [1.82, 2.24) is 15.1 Å². The zero-order valence-corrected chi connectivity index (χ0v) is 13.2. The van der Waals surface area contributed by atoms with Gasteiger partial charge in [-0.2, -0.15) is 0 Å². The van der Waals surface area contributed by atoms with Gasteiger partial charge in [-0.15, -0.1) is 0 Å². The lowest BCUT2D eigenvalue weighted by Crippen LogP contribution is -2.59. The molecule has 3 unspecified atom stereocenters. The normalized spacial score (nSPS) is 28.8. The number of hydrogen-bond donors (Lipinski definition) is 1. The van der Waals surface area contributed by atoms with Gasteiger partial charge in [-0.1, -0.05) is 27.2 Å². The van der Waals surface area contributed by atoms with E-state index in [1.165, 1.54) is 25.9 Å². The zero-order chi connectivity index (χ0) is 13.7. The van der Waals surface area contributed by atoms with Crippen molar-refractivity contribution in [2.45, 2.75) is 71.6 Å². The van der Waals surface area contributed by atoms with Gasteiger partial charge in [0.15, 0.2) is 0 Å². The van der Waals surface area contributed by atoms with E-state index in [0.29, 0.717) is 24.2 Å². The standard InChI is InChI=1S/C15H33N3/c1-7-8-15(9-16-12(2)3)18-10-13(4)17(6)14(5)11-18/h12-16H,7-11H2,1-6H3. The highest BCUT2D eigenvalue weighted by molar-refractivity contribution is 4.87. The van der Waals surface area contributed by atoms with Crippen molar-refractivity contribution in [3.63, 3.8) is 0 Å². The van der Waals surface area contributed by atoms with Crippen molar-refractivity contribution in [1.29, 1.82) is 0 Å². The SMILES string of the molecule is CCCC(CNC(C)C)N1CC(C)N(C)C(C)C1. The molecule has 3 heteroatoms. The quantitative estimate of drug-likeness (QED) is 0.785. The third kappa shape index (κ3) is 4.52. The summed E-state index contributed by atoms with van der Waals surface area (Å²) in [6.45, 7) is 15.0. The molecule has 3 atom stereocenters. The van der Waals surface area contributed by atoms with Gasteiger partial charge >= 0.3 is 0 Å². The van der Waals surface area contributed by atoms with Gasteiger partial charge in [0.25, 0.3) is 0 Å². The average Bonchev–Trinajstić information content (AvgIpc) is 2.30. The molecule has 18 heavy (non-hydrogen) atoms. The molecule has 1 saturated heterocycles. The van der Waals surface area contributed by atoms with Crippen LogP contribution in [0.15, 0.2) is 0 Å². The van der Waals surface area contributed by atoms with Crippen LogP contribution in [0.2, 0.25) is 0 Å². The molecule has 0 saturated carbocycles. The molecule has 1 heterocycles. The van der Waals surface area contributed by atoms with E-state index in [1.54, 1.807) is 0 Å². The molecule has 3 nitrogen and oxygen atoms in total. The molecule has 0 spiro atoms. The maximum absolute atomic E-state index is 3.61. The molecule has 0 aromatic heterocycles. The summed E-state index contributed by atoms with van der Waals surface area (Å²) in [5.41, 5.74) is 0. The van der Waals surface area contributed by atoms with Crippen LogP contribution in [0.3, 0.4) is 0 Å². The van der Waals surface area contributed by atoms with Crippen LogP contribution >= 0.6 is 0 Å². The second-order valence-electron chi connectivity index (χ2n) is 6.32. The summed E-state index contributed by atoms with van der Waals surface area (Å²) in [7, 11) is 2.26. The number of piperazine rings is 1. The lowest BCUT2D eigenvalue weighted by molar-refractivity contribution is 0.0306. The van der Waals surface area contributed by atoms with E-state index in [-0.39, 0.29) is 0 Å². The number of likely N-dealkylation sites (N-methyl/N-ethyl adjacent to an activating group) is 1. The number of rotatable bonds is 6. The van der Waals surface area contributed by atoms with Crippen LogP contribution in [0.5, 0.6) is 0 Å². The monoisotopic (exact) mass is 255 g/mol. The topological polar surface area (TPSA) is 18.5 Å². The summed E-state index contributed by atoms with van der Waals surface area (Å²) < 4.78 is 0. The van der Waals surface area contributed by atoms with Gasteiger partial charge in [-0.3, -0.25) is 9.80 Å². The summed E-state index contributed by atoms with van der Waals surface area (Å²) in [6.07, 6.45) is 2.59. The largest absolute Gasteiger partial charge is 0.313 e. The molecule has 1 N–H and O–H groups in total. The van der Waals surface area contributed by atoms with Gasteiger partial charge < -0.3 is 5.32 Å². The Kier molecular flexibility index (Phi) is 6.61. The molecule has 1 aliphatic heterocycles. The Morgan fingerprint density at radius 2 is 1.72 bits per heavy atom. The molecule has 0 aromatic carbocycles. The highest BCUT2D eigenvalue weighted by Crippen LogP contribution is 2.18. The van der Waals surface area contributed by atoms with Crippen LogP contribution in [0.4, 0.5) is 0 Å². The van der Waals surface area contributed by atoms with Crippen molar-refractivity contribution < 1.29 is 0 Å². The van der Waals surface area contributed by atoms with Crippen LogP contribution in [0, 0.1) is 0 Å². The minimum Gasteiger partial charge on any atom is -0.313 e. The van der Waals surface area contributed by atoms with Crippen LogP contribution in [-0.2, 0) is 0 Å². The van der Waals surface area contributed by atoms with Gasteiger partial charge in [0.2, 0.25) is 0 Å². The second-order valence-corrected chi connectivity index (χ2v) is 6.32. The van der Waals surface area contributed by atoms with Crippen molar-refractivity contribution in [2.24, 2.45) is 0 Å². The summed E-state index contributed by atoms with van der Waals surface area (Å²) in [6, 6.07) is 2.64. The molecule has 1 rings (SSSR count). The van der Waals surface area contributed by atoms with Crippen LogP contribution in [0.25, 0.3) is 0 Å². The van der Waals surface area contributed by atoms with E-state index in [1.807, 2.05) is 0 Å². The van der Waals surface area contributed by atoms with E-state index in [4.69, 9.17) is 0 Å². The van der Waals surface area contributed by atoms with E-state index in [0.717, 1.165) is 6.54 Å².